The third kappa shape index (κ3) is 1.17. The minimum atomic E-state index is 0.613. The third-order valence-corrected chi connectivity index (χ3v) is 1.90. The Morgan fingerprint density at radius 2 is 2.42 bits per heavy atom. The van der Waals surface area contributed by atoms with Gasteiger partial charge in [0.05, 0.1) is 6.21 Å². The standard InChI is InChI=1S/C8H10N4/c1-6-7(5-11-10)3-8(4-9)12(6)2/h3,5H,10H2,1-2H3/b11-5+. The van der Waals surface area contributed by atoms with E-state index >= 15 is 0 Å². The van der Waals surface area contributed by atoms with Crippen molar-refractivity contribution in [3.63, 3.8) is 0 Å². The number of nitrogens with zero attached hydrogens (tertiary/aromatic N) is 3. The molecule has 0 atom stereocenters. The van der Waals surface area contributed by atoms with Gasteiger partial charge in [-0.3, -0.25) is 0 Å². The summed E-state index contributed by atoms with van der Waals surface area (Å²) < 4.78 is 1.80. The van der Waals surface area contributed by atoms with Crippen LogP contribution >= 0.6 is 0 Å². The van der Waals surface area contributed by atoms with Crippen LogP contribution in [0.5, 0.6) is 0 Å². The lowest BCUT2D eigenvalue weighted by Gasteiger charge is -1.96. The van der Waals surface area contributed by atoms with Gasteiger partial charge in [0.15, 0.2) is 0 Å². The molecule has 0 saturated carbocycles. The first-order valence-corrected chi connectivity index (χ1v) is 3.50. The third-order valence-electron chi connectivity index (χ3n) is 1.90. The highest BCUT2D eigenvalue weighted by Gasteiger charge is 2.05. The predicted octanol–water partition coefficient (Wildman–Crippen LogP) is 0.498. The zero-order valence-corrected chi connectivity index (χ0v) is 7.07. The SMILES string of the molecule is Cc1c(/C=N/N)cc(C#N)n1C. The van der Waals surface area contributed by atoms with Crippen LogP contribution in [0.2, 0.25) is 0 Å². The fraction of sp³-hybridized carbons (Fsp3) is 0.250. The fourth-order valence-corrected chi connectivity index (χ4v) is 1.04. The van der Waals surface area contributed by atoms with Gasteiger partial charge in [-0.2, -0.15) is 10.4 Å². The van der Waals surface area contributed by atoms with E-state index in [2.05, 4.69) is 11.2 Å². The first-order chi connectivity index (χ1) is 5.70. The lowest BCUT2D eigenvalue weighted by molar-refractivity contribution is 0.865. The van der Waals surface area contributed by atoms with Gasteiger partial charge in [-0.25, -0.2) is 0 Å². The minimum Gasteiger partial charge on any atom is -0.339 e. The molecule has 12 heavy (non-hydrogen) atoms. The van der Waals surface area contributed by atoms with Gasteiger partial charge < -0.3 is 10.4 Å². The van der Waals surface area contributed by atoms with Crippen molar-refractivity contribution in [1.82, 2.24) is 4.57 Å². The topological polar surface area (TPSA) is 67.1 Å². The maximum Gasteiger partial charge on any atom is 0.120 e. The van der Waals surface area contributed by atoms with E-state index in [1.54, 1.807) is 10.6 Å². The summed E-state index contributed by atoms with van der Waals surface area (Å²) in [6.07, 6.45) is 1.54. The van der Waals surface area contributed by atoms with E-state index < -0.39 is 0 Å². The Kier molecular flexibility index (Phi) is 2.15. The molecule has 0 aliphatic heterocycles. The number of rotatable bonds is 1. The van der Waals surface area contributed by atoms with Crippen molar-refractivity contribution in [3.05, 3.63) is 23.0 Å². The van der Waals surface area contributed by atoms with Crippen LogP contribution in [-0.4, -0.2) is 10.8 Å². The highest BCUT2D eigenvalue weighted by atomic mass is 15.1. The second-order valence-corrected chi connectivity index (χ2v) is 2.52. The van der Waals surface area contributed by atoms with E-state index in [1.807, 2.05) is 14.0 Å². The van der Waals surface area contributed by atoms with Crippen LogP contribution in [0, 0.1) is 18.3 Å². The highest BCUT2D eigenvalue weighted by molar-refractivity contribution is 5.81. The minimum absolute atomic E-state index is 0.613. The van der Waals surface area contributed by atoms with Crippen LogP contribution in [-0.2, 0) is 7.05 Å². The first kappa shape index (κ1) is 8.34. The number of nitrogens with two attached hydrogens (primary N) is 1. The summed E-state index contributed by atoms with van der Waals surface area (Å²) in [7, 11) is 1.84. The second kappa shape index (κ2) is 3.09. The Balaban J connectivity index is 3.27. The zero-order valence-electron chi connectivity index (χ0n) is 7.07. The van der Waals surface area contributed by atoms with Gasteiger partial charge in [0.25, 0.3) is 0 Å². The number of hydrogen-bond donors (Lipinski definition) is 1. The number of hydrazone groups is 1. The molecule has 0 fully saturated rings. The van der Waals surface area contributed by atoms with Crippen LogP contribution < -0.4 is 5.84 Å². The van der Waals surface area contributed by atoms with E-state index in [9.17, 15) is 0 Å². The van der Waals surface area contributed by atoms with Gasteiger partial charge >= 0.3 is 0 Å². The molecule has 0 radical (unpaired) electrons. The van der Waals surface area contributed by atoms with Crippen molar-refractivity contribution in [2.75, 3.05) is 0 Å². The molecule has 62 valence electrons. The van der Waals surface area contributed by atoms with Gasteiger partial charge in [0, 0.05) is 18.3 Å². The Morgan fingerprint density at radius 3 is 2.83 bits per heavy atom. The van der Waals surface area contributed by atoms with Crippen LogP contribution in [0.3, 0.4) is 0 Å². The molecule has 2 N–H and O–H groups in total. The van der Waals surface area contributed by atoms with Gasteiger partial charge in [0.1, 0.15) is 11.8 Å². The summed E-state index contributed by atoms with van der Waals surface area (Å²) >= 11 is 0. The number of hydrogen-bond acceptors (Lipinski definition) is 3. The van der Waals surface area contributed by atoms with E-state index in [0.29, 0.717) is 5.69 Å². The summed E-state index contributed by atoms with van der Waals surface area (Å²) in [6, 6.07) is 3.83. The van der Waals surface area contributed by atoms with Crippen molar-refractivity contribution in [2.45, 2.75) is 6.92 Å². The molecule has 0 spiro atoms. The molecule has 4 nitrogen and oxygen atoms in total. The highest BCUT2D eigenvalue weighted by Crippen LogP contribution is 2.10. The van der Waals surface area contributed by atoms with Crippen LogP contribution in [0.1, 0.15) is 17.0 Å². The van der Waals surface area contributed by atoms with Crippen molar-refractivity contribution >= 4 is 6.21 Å². The molecule has 0 unspecified atom stereocenters. The molecule has 0 bridgehead atoms. The van der Waals surface area contributed by atoms with E-state index in [1.165, 1.54) is 6.21 Å². The summed E-state index contributed by atoms with van der Waals surface area (Å²) in [5.41, 5.74) is 2.49. The lowest BCUT2D eigenvalue weighted by Crippen LogP contribution is -1.95. The van der Waals surface area contributed by atoms with Crippen LogP contribution in [0.15, 0.2) is 11.2 Å². The second-order valence-electron chi connectivity index (χ2n) is 2.52. The van der Waals surface area contributed by atoms with Gasteiger partial charge in [0.2, 0.25) is 0 Å². The number of aromatic nitrogens is 1. The zero-order chi connectivity index (χ0) is 9.14. The predicted molar refractivity (Wildman–Crippen MR) is 46.6 cm³/mol. The fourth-order valence-electron chi connectivity index (χ4n) is 1.04. The Bertz CT molecular complexity index is 354. The Labute approximate surface area is 70.9 Å². The normalized spacial score (nSPS) is 10.4. The average Bonchev–Trinajstić information content (AvgIpc) is 2.33. The first-order valence-electron chi connectivity index (χ1n) is 3.50. The molecule has 1 rings (SSSR count). The summed E-state index contributed by atoms with van der Waals surface area (Å²) in [5, 5.41) is 12.1. The maximum absolute atomic E-state index is 8.68. The van der Waals surface area contributed by atoms with Crippen molar-refractivity contribution in [2.24, 2.45) is 18.0 Å². The number of nitriles is 1. The molecular weight excluding hydrogens is 152 g/mol. The molecular formula is C8H10N4. The van der Waals surface area contributed by atoms with E-state index in [4.69, 9.17) is 11.1 Å². The average molecular weight is 162 g/mol. The molecule has 1 aromatic rings. The molecule has 0 saturated heterocycles. The monoisotopic (exact) mass is 162 g/mol. The Hall–Kier alpha value is -1.76. The van der Waals surface area contributed by atoms with Crippen LogP contribution in [0.25, 0.3) is 0 Å². The summed E-state index contributed by atoms with van der Waals surface area (Å²) in [4.78, 5) is 0. The maximum atomic E-state index is 8.68. The Morgan fingerprint density at radius 1 is 1.75 bits per heavy atom. The molecule has 0 aliphatic rings. The van der Waals surface area contributed by atoms with Gasteiger partial charge in [-0.15, -0.1) is 0 Å². The van der Waals surface area contributed by atoms with Crippen molar-refractivity contribution < 1.29 is 0 Å². The van der Waals surface area contributed by atoms with Crippen molar-refractivity contribution in [3.8, 4) is 6.07 Å². The molecule has 4 heteroatoms. The quantitative estimate of drug-likeness (QED) is 0.371. The molecule has 0 aromatic carbocycles. The van der Waals surface area contributed by atoms with Gasteiger partial charge in [-0.1, -0.05) is 0 Å². The van der Waals surface area contributed by atoms with Crippen LogP contribution in [0.4, 0.5) is 0 Å². The van der Waals surface area contributed by atoms with E-state index in [-0.39, 0.29) is 0 Å². The molecule has 1 heterocycles. The lowest BCUT2D eigenvalue weighted by atomic mass is 10.3. The molecule has 1 aromatic heterocycles. The molecule has 0 amide bonds. The smallest absolute Gasteiger partial charge is 0.120 e. The van der Waals surface area contributed by atoms with E-state index in [0.717, 1.165) is 11.3 Å². The largest absolute Gasteiger partial charge is 0.339 e. The molecule has 0 aliphatic carbocycles. The summed E-state index contributed by atoms with van der Waals surface area (Å²) in [5.74, 6) is 5.01. The van der Waals surface area contributed by atoms with Gasteiger partial charge in [-0.05, 0) is 13.0 Å². The summed E-state index contributed by atoms with van der Waals surface area (Å²) in [6.45, 7) is 1.91. The van der Waals surface area contributed by atoms with Crippen molar-refractivity contribution in [1.29, 1.82) is 5.26 Å².